The number of aliphatic hydroxyl groups is 1. The van der Waals surface area contributed by atoms with E-state index in [1.807, 2.05) is 0 Å². The van der Waals surface area contributed by atoms with E-state index in [2.05, 4.69) is 4.72 Å². The quantitative estimate of drug-likeness (QED) is 0.692. The van der Waals surface area contributed by atoms with E-state index < -0.39 is 27.5 Å². The smallest absolute Gasteiger partial charge is 0.314 e. The first-order valence-corrected chi connectivity index (χ1v) is 8.32. The first kappa shape index (κ1) is 15.9. The third-order valence-electron chi connectivity index (χ3n) is 3.86. The molecule has 0 saturated heterocycles. The molecule has 0 spiro atoms. The molecule has 0 amide bonds. The maximum atomic E-state index is 12.0. The summed E-state index contributed by atoms with van der Waals surface area (Å²) >= 11 is 0. The van der Waals surface area contributed by atoms with Crippen LogP contribution in [0.15, 0.2) is 29.2 Å². The van der Waals surface area contributed by atoms with Crippen LogP contribution >= 0.6 is 0 Å². The van der Waals surface area contributed by atoms with Crippen LogP contribution in [0.3, 0.4) is 0 Å². The molecule has 21 heavy (non-hydrogen) atoms. The predicted octanol–water partition coefficient (Wildman–Crippen LogP) is 0.852. The topological polar surface area (TPSA) is 104 Å². The van der Waals surface area contributed by atoms with Crippen molar-refractivity contribution in [3.8, 4) is 0 Å². The van der Waals surface area contributed by atoms with E-state index >= 15 is 0 Å². The van der Waals surface area contributed by atoms with Crippen molar-refractivity contribution in [2.24, 2.45) is 0 Å². The van der Waals surface area contributed by atoms with Crippen molar-refractivity contribution in [3.05, 3.63) is 29.8 Å². The minimum Gasteiger partial charge on any atom is -0.481 e. The molecule has 3 N–H and O–H groups in total. The minimum absolute atomic E-state index is 0.0420. The van der Waals surface area contributed by atoms with Gasteiger partial charge in [-0.25, -0.2) is 13.1 Å². The number of aliphatic carboxylic acids is 1. The summed E-state index contributed by atoms with van der Waals surface area (Å²) in [4.78, 5) is 11.3. The Kier molecular flexibility index (Phi) is 4.36. The fourth-order valence-electron chi connectivity index (χ4n) is 2.14. The van der Waals surface area contributed by atoms with Crippen LogP contribution in [0.2, 0.25) is 0 Å². The summed E-state index contributed by atoms with van der Waals surface area (Å²) in [5.74, 6) is -0.873. The van der Waals surface area contributed by atoms with Crippen LogP contribution in [0.5, 0.6) is 0 Å². The summed E-state index contributed by atoms with van der Waals surface area (Å²) in [5, 5.41) is 18.6. The molecular weight excluding hydrogens is 294 g/mol. The zero-order chi connectivity index (χ0) is 15.7. The van der Waals surface area contributed by atoms with Gasteiger partial charge in [-0.3, -0.25) is 4.79 Å². The maximum absolute atomic E-state index is 12.0. The average molecular weight is 313 g/mol. The summed E-state index contributed by atoms with van der Waals surface area (Å²) in [6, 6.07) is 5.90. The van der Waals surface area contributed by atoms with Gasteiger partial charge in [0.1, 0.15) is 0 Å². The second-order valence-corrected chi connectivity index (χ2v) is 7.09. The van der Waals surface area contributed by atoms with Crippen molar-refractivity contribution in [2.45, 2.75) is 42.6 Å². The first-order valence-electron chi connectivity index (χ1n) is 6.83. The highest BCUT2D eigenvalue weighted by Gasteiger charge is 2.51. The Labute approximate surface area is 123 Å². The lowest BCUT2D eigenvalue weighted by molar-refractivity contribution is -0.140. The van der Waals surface area contributed by atoms with Gasteiger partial charge in [0.25, 0.3) is 0 Å². The highest BCUT2D eigenvalue weighted by molar-refractivity contribution is 7.89. The molecule has 116 valence electrons. The molecule has 6 nitrogen and oxygen atoms in total. The third-order valence-corrected chi connectivity index (χ3v) is 5.30. The molecule has 0 bridgehead atoms. The van der Waals surface area contributed by atoms with Crippen LogP contribution in [0, 0.1) is 0 Å². The molecule has 1 aliphatic rings. The molecule has 0 radical (unpaired) electrons. The number of hydrogen-bond acceptors (Lipinski definition) is 4. The second kappa shape index (κ2) is 5.75. The van der Waals surface area contributed by atoms with Crippen molar-refractivity contribution in [3.63, 3.8) is 0 Å². The lowest BCUT2D eigenvalue weighted by Gasteiger charge is -2.12. The number of benzene rings is 1. The molecule has 7 heteroatoms. The molecule has 1 aliphatic carbocycles. The Bertz CT molecular complexity index is 619. The molecular formula is C14H19NO5S. The van der Waals surface area contributed by atoms with Crippen molar-refractivity contribution in [1.29, 1.82) is 0 Å². The van der Waals surface area contributed by atoms with Gasteiger partial charge in [0.15, 0.2) is 0 Å². The molecule has 1 saturated carbocycles. The predicted molar refractivity (Wildman–Crippen MR) is 76.5 cm³/mol. The van der Waals surface area contributed by atoms with Crippen LogP contribution in [0.4, 0.5) is 0 Å². The summed E-state index contributed by atoms with van der Waals surface area (Å²) in [7, 11) is -3.68. The van der Waals surface area contributed by atoms with Crippen LogP contribution < -0.4 is 4.72 Å². The summed E-state index contributed by atoms with van der Waals surface area (Å²) in [6.07, 6.45) is 0.897. The van der Waals surface area contributed by atoms with E-state index in [-0.39, 0.29) is 11.4 Å². The Morgan fingerprint density at radius 2 is 1.90 bits per heavy atom. The van der Waals surface area contributed by atoms with Gasteiger partial charge in [-0.05, 0) is 37.0 Å². The standard InChI is InChI=1S/C14H19NO5S/c1-2-11(16)9-15-21(19,20)12-5-3-10(4-6-12)14(7-8-14)13(17)18/h3-6,11,15-16H,2,7-9H2,1H3,(H,17,18). The summed E-state index contributed by atoms with van der Waals surface area (Å²) in [5.41, 5.74) is -0.212. The van der Waals surface area contributed by atoms with E-state index in [4.69, 9.17) is 0 Å². The first-order chi connectivity index (χ1) is 9.82. The molecule has 0 aliphatic heterocycles. The molecule has 2 rings (SSSR count). The molecule has 1 unspecified atom stereocenters. The number of sulfonamides is 1. The number of hydrogen-bond donors (Lipinski definition) is 3. The van der Waals surface area contributed by atoms with E-state index in [1.54, 1.807) is 19.1 Å². The van der Waals surface area contributed by atoms with Gasteiger partial charge in [0.05, 0.1) is 16.4 Å². The van der Waals surface area contributed by atoms with E-state index in [9.17, 15) is 23.4 Å². The van der Waals surface area contributed by atoms with Crippen molar-refractivity contribution >= 4 is 16.0 Å². The highest BCUT2D eigenvalue weighted by Crippen LogP contribution is 2.48. The van der Waals surface area contributed by atoms with Crippen LogP contribution in [-0.2, 0) is 20.2 Å². The molecule has 1 atom stereocenters. The van der Waals surface area contributed by atoms with E-state index in [0.717, 1.165) is 0 Å². The monoisotopic (exact) mass is 313 g/mol. The van der Waals surface area contributed by atoms with Crippen molar-refractivity contribution in [2.75, 3.05) is 6.54 Å². The second-order valence-electron chi connectivity index (χ2n) is 5.33. The molecule has 0 aromatic heterocycles. The van der Waals surface area contributed by atoms with E-state index in [0.29, 0.717) is 24.8 Å². The van der Waals surface area contributed by atoms with Gasteiger partial charge >= 0.3 is 5.97 Å². The zero-order valence-electron chi connectivity index (χ0n) is 11.7. The number of rotatable bonds is 7. The fraction of sp³-hybridized carbons (Fsp3) is 0.500. The Morgan fingerprint density at radius 1 is 1.33 bits per heavy atom. The van der Waals surface area contributed by atoms with Gasteiger partial charge in [0.2, 0.25) is 10.0 Å². The fourth-order valence-corrected chi connectivity index (χ4v) is 3.21. The maximum Gasteiger partial charge on any atom is 0.314 e. The Balaban J connectivity index is 2.14. The Morgan fingerprint density at radius 3 is 2.33 bits per heavy atom. The minimum atomic E-state index is -3.68. The van der Waals surface area contributed by atoms with Crippen molar-refractivity contribution < 1.29 is 23.4 Å². The molecule has 1 fully saturated rings. The number of carboxylic acids is 1. The van der Waals surface area contributed by atoms with Gasteiger partial charge in [-0.15, -0.1) is 0 Å². The van der Waals surface area contributed by atoms with Gasteiger partial charge in [-0.2, -0.15) is 0 Å². The normalized spacial score (nSPS) is 18.2. The summed E-state index contributed by atoms with van der Waals surface area (Å²) < 4.78 is 26.4. The zero-order valence-corrected chi connectivity index (χ0v) is 12.6. The number of aliphatic hydroxyl groups excluding tert-OH is 1. The third kappa shape index (κ3) is 3.25. The van der Waals surface area contributed by atoms with Crippen LogP contribution in [0.1, 0.15) is 31.7 Å². The van der Waals surface area contributed by atoms with Gasteiger partial charge < -0.3 is 10.2 Å². The van der Waals surface area contributed by atoms with Crippen LogP contribution in [-0.4, -0.2) is 37.2 Å². The number of carbonyl (C=O) groups is 1. The van der Waals surface area contributed by atoms with Gasteiger partial charge in [0, 0.05) is 6.54 Å². The highest BCUT2D eigenvalue weighted by atomic mass is 32.2. The average Bonchev–Trinajstić information content (AvgIpc) is 3.26. The lowest BCUT2D eigenvalue weighted by atomic mass is 9.96. The Hall–Kier alpha value is -1.44. The molecule has 0 heterocycles. The van der Waals surface area contributed by atoms with E-state index in [1.165, 1.54) is 12.1 Å². The lowest BCUT2D eigenvalue weighted by Crippen LogP contribution is -2.31. The molecule has 1 aromatic rings. The van der Waals surface area contributed by atoms with Crippen LogP contribution in [0.25, 0.3) is 0 Å². The number of carboxylic acid groups (broad SMARTS) is 1. The SMILES string of the molecule is CCC(O)CNS(=O)(=O)c1ccc(C2(C(=O)O)CC2)cc1. The largest absolute Gasteiger partial charge is 0.481 e. The molecule has 1 aromatic carbocycles. The summed E-state index contributed by atoms with van der Waals surface area (Å²) in [6.45, 7) is 1.72. The van der Waals surface area contributed by atoms with Gasteiger partial charge in [-0.1, -0.05) is 19.1 Å². The number of nitrogens with one attached hydrogen (secondary N) is 1. The van der Waals surface area contributed by atoms with Crippen molar-refractivity contribution in [1.82, 2.24) is 4.72 Å².